The molecule has 1 N–H and O–H groups in total. The highest BCUT2D eigenvalue weighted by atomic mass is 16.6. The van der Waals surface area contributed by atoms with Crippen molar-refractivity contribution in [3.05, 3.63) is 58.1 Å². The van der Waals surface area contributed by atoms with Crippen molar-refractivity contribution in [3.63, 3.8) is 0 Å². The Hall–Kier alpha value is -3.09. The third kappa shape index (κ3) is 3.76. The van der Waals surface area contributed by atoms with Gasteiger partial charge < -0.3 is 14.8 Å². The molecule has 1 amide bonds. The van der Waals surface area contributed by atoms with Crippen LogP contribution in [0.25, 0.3) is 0 Å². The Morgan fingerprint density at radius 1 is 1.22 bits per heavy atom. The number of nitrogens with zero attached hydrogens (tertiary/aromatic N) is 1. The van der Waals surface area contributed by atoms with Gasteiger partial charge in [0.1, 0.15) is 5.56 Å². The van der Waals surface area contributed by atoms with E-state index in [9.17, 15) is 14.9 Å². The van der Waals surface area contributed by atoms with E-state index in [1.54, 1.807) is 37.3 Å². The Balaban J connectivity index is 2.44. The highest BCUT2D eigenvalue weighted by Crippen LogP contribution is 2.35. The summed E-state index contributed by atoms with van der Waals surface area (Å²) in [5.41, 5.74) is 0.0995. The van der Waals surface area contributed by atoms with Crippen LogP contribution in [0.2, 0.25) is 0 Å². The molecule has 0 saturated heterocycles. The van der Waals surface area contributed by atoms with Crippen LogP contribution in [-0.4, -0.2) is 24.5 Å². The van der Waals surface area contributed by atoms with Crippen molar-refractivity contribution in [2.24, 2.45) is 0 Å². The highest BCUT2D eigenvalue weighted by molar-refractivity contribution is 6.07. The number of nitro benzene ring substituents is 1. The molecule has 2 aromatic carbocycles. The Bertz CT molecular complexity index is 716. The minimum Gasteiger partial charge on any atom is -0.493 e. The number of carbonyl (C=O) groups excluding carboxylic acids is 1. The molecule has 0 saturated carbocycles. The van der Waals surface area contributed by atoms with Gasteiger partial charge in [-0.05, 0) is 19.1 Å². The lowest BCUT2D eigenvalue weighted by molar-refractivity contribution is -0.385. The molecule has 0 fully saturated rings. The maximum absolute atomic E-state index is 12.4. The van der Waals surface area contributed by atoms with Gasteiger partial charge in [-0.25, -0.2) is 0 Å². The number of nitro groups is 1. The van der Waals surface area contributed by atoms with Crippen molar-refractivity contribution >= 4 is 17.3 Å². The normalized spacial score (nSPS) is 10.0. The Morgan fingerprint density at radius 2 is 1.91 bits per heavy atom. The van der Waals surface area contributed by atoms with Gasteiger partial charge in [0.15, 0.2) is 11.5 Å². The molecule has 0 heterocycles. The van der Waals surface area contributed by atoms with Crippen LogP contribution in [0, 0.1) is 10.1 Å². The molecule has 0 unspecified atom stereocenters. The molecule has 0 atom stereocenters. The Labute approximate surface area is 133 Å². The summed E-state index contributed by atoms with van der Waals surface area (Å²) < 4.78 is 10.5. The molecule has 0 spiro atoms. The minimum atomic E-state index is -0.627. The summed E-state index contributed by atoms with van der Waals surface area (Å²) in [7, 11) is 1.38. The first-order valence-electron chi connectivity index (χ1n) is 6.92. The quantitative estimate of drug-likeness (QED) is 0.652. The van der Waals surface area contributed by atoms with Gasteiger partial charge in [0.2, 0.25) is 0 Å². The molecule has 7 heteroatoms. The SMILES string of the molecule is CCOc1cc(C(=O)Nc2ccccc2)c([N+](=O)[O-])cc1OC. The van der Waals surface area contributed by atoms with Gasteiger partial charge >= 0.3 is 0 Å². The fourth-order valence-corrected chi connectivity index (χ4v) is 2.03. The van der Waals surface area contributed by atoms with Gasteiger partial charge in [0.05, 0.1) is 24.7 Å². The van der Waals surface area contributed by atoms with Crippen LogP contribution in [0.15, 0.2) is 42.5 Å². The minimum absolute atomic E-state index is 0.0943. The van der Waals surface area contributed by atoms with Gasteiger partial charge in [-0.1, -0.05) is 18.2 Å². The number of nitrogens with one attached hydrogen (secondary N) is 1. The van der Waals surface area contributed by atoms with Crippen LogP contribution in [0.4, 0.5) is 11.4 Å². The average molecular weight is 316 g/mol. The summed E-state index contributed by atoms with van der Waals surface area (Å²) in [5, 5.41) is 13.9. The number of ether oxygens (including phenoxy) is 2. The van der Waals surface area contributed by atoms with E-state index in [0.29, 0.717) is 12.3 Å². The van der Waals surface area contributed by atoms with E-state index < -0.39 is 10.8 Å². The zero-order valence-corrected chi connectivity index (χ0v) is 12.7. The number of hydrogen-bond donors (Lipinski definition) is 1. The maximum atomic E-state index is 12.4. The van der Waals surface area contributed by atoms with Gasteiger partial charge in [0, 0.05) is 11.8 Å². The van der Waals surface area contributed by atoms with Crippen molar-refractivity contribution in [1.82, 2.24) is 0 Å². The van der Waals surface area contributed by atoms with Crippen LogP contribution in [0.1, 0.15) is 17.3 Å². The molecule has 2 aromatic rings. The predicted octanol–water partition coefficient (Wildman–Crippen LogP) is 3.25. The molecule has 0 aliphatic carbocycles. The number of para-hydroxylation sites is 1. The van der Waals surface area contributed by atoms with Crippen LogP contribution < -0.4 is 14.8 Å². The molecule has 23 heavy (non-hydrogen) atoms. The summed E-state index contributed by atoms with van der Waals surface area (Å²) in [6.45, 7) is 2.11. The van der Waals surface area contributed by atoms with Crippen molar-refractivity contribution in [2.75, 3.05) is 19.0 Å². The van der Waals surface area contributed by atoms with Crippen molar-refractivity contribution in [2.45, 2.75) is 6.92 Å². The molecular formula is C16H16N2O5. The summed E-state index contributed by atoms with van der Waals surface area (Å²) in [5.74, 6) is -0.111. The van der Waals surface area contributed by atoms with E-state index in [0.717, 1.165) is 0 Å². The Kier molecular flexibility index (Phi) is 5.14. The van der Waals surface area contributed by atoms with Gasteiger partial charge in [-0.15, -0.1) is 0 Å². The number of rotatable bonds is 6. The molecule has 0 aliphatic heterocycles. The van der Waals surface area contributed by atoms with Crippen LogP contribution in [-0.2, 0) is 0 Å². The molecule has 0 radical (unpaired) electrons. The number of methoxy groups -OCH3 is 1. The molecule has 7 nitrogen and oxygen atoms in total. The van der Waals surface area contributed by atoms with Crippen molar-refractivity contribution < 1.29 is 19.2 Å². The second-order valence-electron chi connectivity index (χ2n) is 4.53. The van der Waals surface area contributed by atoms with Crippen LogP contribution >= 0.6 is 0 Å². The first kappa shape index (κ1) is 16.3. The first-order chi connectivity index (χ1) is 11.1. The Morgan fingerprint density at radius 3 is 2.48 bits per heavy atom. The number of carbonyl (C=O) groups is 1. The zero-order valence-electron chi connectivity index (χ0n) is 12.7. The summed E-state index contributed by atoms with van der Waals surface area (Å²) in [4.78, 5) is 23.0. The second kappa shape index (κ2) is 7.26. The third-order valence-electron chi connectivity index (χ3n) is 3.05. The van der Waals surface area contributed by atoms with E-state index in [-0.39, 0.29) is 22.7 Å². The van der Waals surface area contributed by atoms with Gasteiger partial charge in [0.25, 0.3) is 11.6 Å². The average Bonchev–Trinajstić information content (AvgIpc) is 2.55. The summed E-state index contributed by atoms with van der Waals surface area (Å²) in [6.07, 6.45) is 0. The number of hydrogen-bond acceptors (Lipinski definition) is 5. The predicted molar refractivity (Wildman–Crippen MR) is 85.2 cm³/mol. The van der Waals surface area contributed by atoms with Crippen LogP contribution in [0.5, 0.6) is 11.5 Å². The van der Waals surface area contributed by atoms with E-state index in [2.05, 4.69) is 5.32 Å². The first-order valence-corrected chi connectivity index (χ1v) is 6.92. The summed E-state index contributed by atoms with van der Waals surface area (Å²) in [6, 6.07) is 11.2. The lowest BCUT2D eigenvalue weighted by atomic mass is 10.1. The number of amides is 1. The molecular weight excluding hydrogens is 300 g/mol. The lowest BCUT2D eigenvalue weighted by Gasteiger charge is -2.12. The molecule has 0 aromatic heterocycles. The second-order valence-corrected chi connectivity index (χ2v) is 4.53. The lowest BCUT2D eigenvalue weighted by Crippen LogP contribution is -2.14. The highest BCUT2D eigenvalue weighted by Gasteiger charge is 2.24. The fourth-order valence-electron chi connectivity index (χ4n) is 2.03. The monoisotopic (exact) mass is 316 g/mol. The smallest absolute Gasteiger partial charge is 0.286 e. The van der Waals surface area contributed by atoms with Crippen LogP contribution in [0.3, 0.4) is 0 Å². The van der Waals surface area contributed by atoms with Crippen molar-refractivity contribution in [1.29, 1.82) is 0 Å². The molecule has 0 bridgehead atoms. The standard InChI is InChI=1S/C16H16N2O5/c1-3-23-15-9-12(13(18(20)21)10-14(15)22-2)16(19)17-11-7-5-4-6-8-11/h4-10H,3H2,1-2H3,(H,17,19). The topological polar surface area (TPSA) is 90.7 Å². The molecule has 0 aliphatic rings. The van der Waals surface area contributed by atoms with E-state index in [1.165, 1.54) is 19.2 Å². The fraction of sp³-hybridized carbons (Fsp3) is 0.188. The summed E-state index contributed by atoms with van der Waals surface area (Å²) >= 11 is 0. The van der Waals surface area contributed by atoms with E-state index >= 15 is 0 Å². The number of anilines is 1. The zero-order chi connectivity index (χ0) is 16.8. The largest absolute Gasteiger partial charge is 0.493 e. The van der Waals surface area contributed by atoms with E-state index in [1.807, 2.05) is 0 Å². The maximum Gasteiger partial charge on any atom is 0.286 e. The number of benzene rings is 2. The third-order valence-corrected chi connectivity index (χ3v) is 3.05. The van der Waals surface area contributed by atoms with Crippen molar-refractivity contribution in [3.8, 4) is 11.5 Å². The van der Waals surface area contributed by atoms with E-state index in [4.69, 9.17) is 9.47 Å². The van der Waals surface area contributed by atoms with Gasteiger partial charge in [-0.2, -0.15) is 0 Å². The molecule has 2 rings (SSSR count). The van der Waals surface area contributed by atoms with Gasteiger partial charge in [-0.3, -0.25) is 14.9 Å². The molecule has 120 valence electrons.